The molecule has 0 saturated carbocycles. The molecule has 108 valence electrons. The lowest BCUT2D eigenvalue weighted by Crippen LogP contribution is -2.14. The summed E-state index contributed by atoms with van der Waals surface area (Å²) in [5, 5.41) is 12.2. The van der Waals surface area contributed by atoms with E-state index in [1.54, 1.807) is 36.4 Å². The van der Waals surface area contributed by atoms with Crippen molar-refractivity contribution in [1.82, 2.24) is 4.98 Å². The molecule has 6 nitrogen and oxygen atoms in total. The molecule has 0 bridgehead atoms. The molecule has 1 aromatic heterocycles. The van der Waals surface area contributed by atoms with Gasteiger partial charge in [0.1, 0.15) is 5.69 Å². The highest BCUT2D eigenvalue weighted by atomic mass is 16.4. The minimum absolute atomic E-state index is 0.186. The van der Waals surface area contributed by atoms with Gasteiger partial charge in [0.15, 0.2) is 0 Å². The van der Waals surface area contributed by atoms with Crippen molar-refractivity contribution in [3.05, 3.63) is 59.4 Å². The van der Waals surface area contributed by atoms with Crippen LogP contribution < -0.4 is 11.1 Å². The van der Waals surface area contributed by atoms with Gasteiger partial charge in [0.05, 0.1) is 5.56 Å². The third-order valence-electron chi connectivity index (χ3n) is 2.98. The molecule has 0 radical (unpaired) electrons. The Morgan fingerprint density at radius 1 is 1.24 bits per heavy atom. The van der Waals surface area contributed by atoms with Crippen molar-refractivity contribution in [3.63, 3.8) is 0 Å². The van der Waals surface area contributed by atoms with Gasteiger partial charge < -0.3 is 16.2 Å². The van der Waals surface area contributed by atoms with E-state index in [4.69, 9.17) is 10.8 Å². The number of carboxylic acid groups (broad SMARTS) is 1. The number of amides is 1. The predicted octanol–water partition coefficient (Wildman–Crippen LogP) is 1.53. The molecule has 0 aliphatic rings. The average molecular weight is 285 g/mol. The van der Waals surface area contributed by atoms with Crippen LogP contribution in [0.25, 0.3) is 0 Å². The third kappa shape index (κ3) is 3.79. The van der Waals surface area contributed by atoms with Gasteiger partial charge in [-0.1, -0.05) is 18.2 Å². The number of nitrogens with two attached hydrogens (primary N) is 1. The fourth-order valence-electron chi connectivity index (χ4n) is 1.96. The first-order chi connectivity index (χ1) is 10.1. The number of aromatic nitrogens is 1. The molecule has 0 atom stereocenters. The van der Waals surface area contributed by atoms with Crippen LogP contribution in [0.2, 0.25) is 0 Å². The van der Waals surface area contributed by atoms with Crippen molar-refractivity contribution in [2.75, 3.05) is 11.9 Å². The minimum atomic E-state index is -0.939. The van der Waals surface area contributed by atoms with Crippen LogP contribution in [0.5, 0.6) is 0 Å². The number of aromatic carboxylic acids is 1. The predicted molar refractivity (Wildman–Crippen MR) is 78.3 cm³/mol. The van der Waals surface area contributed by atoms with Crippen LogP contribution in [0.3, 0.4) is 0 Å². The van der Waals surface area contributed by atoms with Gasteiger partial charge in [-0.2, -0.15) is 0 Å². The number of hydrogen-bond donors (Lipinski definition) is 3. The van der Waals surface area contributed by atoms with Crippen LogP contribution in [0.1, 0.15) is 26.4 Å². The zero-order valence-electron chi connectivity index (χ0n) is 11.2. The Hall–Kier alpha value is -2.89. The number of nitrogens with one attached hydrogen (secondary N) is 1. The minimum Gasteiger partial charge on any atom is -0.478 e. The molecule has 6 heteroatoms. The molecule has 0 unspecified atom stereocenters. The molecule has 0 aliphatic heterocycles. The number of carboxylic acids is 1. The van der Waals surface area contributed by atoms with Crippen LogP contribution in [-0.4, -0.2) is 28.5 Å². The van der Waals surface area contributed by atoms with Gasteiger partial charge in [-0.05, 0) is 30.2 Å². The number of carbonyl (C=O) groups excluding carboxylic acids is 1. The number of rotatable bonds is 6. The molecular formula is C15H15N3O3. The summed E-state index contributed by atoms with van der Waals surface area (Å²) in [6.07, 6.45) is 2.05. The molecule has 1 heterocycles. The highest BCUT2D eigenvalue weighted by Gasteiger charge is 2.08. The second kappa shape index (κ2) is 6.51. The highest BCUT2D eigenvalue weighted by molar-refractivity contribution is 5.91. The molecule has 0 saturated heterocycles. The van der Waals surface area contributed by atoms with E-state index in [1.165, 1.54) is 6.20 Å². The third-order valence-corrected chi connectivity index (χ3v) is 2.98. The maximum Gasteiger partial charge on any atom is 0.335 e. The first-order valence-electron chi connectivity index (χ1n) is 6.39. The molecule has 21 heavy (non-hydrogen) atoms. The Bertz CT molecular complexity index is 671. The van der Waals surface area contributed by atoms with E-state index >= 15 is 0 Å². The summed E-state index contributed by atoms with van der Waals surface area (Å²) in [4.78, 5) is 26.0. The number of anilines is 1. The second-order valence-corrected chi connectivity index (χ2v) is 4.43. The average Bonchev–Trinajstić information content (AvgIpc) is 2.48. The maximum absolute atomic E-state index is 11.1. The number of primary amides is 1. The summed E-state index contributed by atoms with van der Waals surface area (Å²) >= 11 is 0. The van der Waals surface area contributed by atoms with Gasteiger partial charge in [-0.15, -0.1) is 0 Å². The zero-order chi connectivity index (χ0) is 15.2. The van der Waals surface area contributed by atoms with Gasteiger partial charge in [-0.3, -0.25) is 9.78 Å². The van der Waals surface area contributed by atoms with Gasteiger partial charge in [-0.25, -0.2) is 4.79 Å². The Balaban J connectivity index is 2.00. The van der Waals surface area contributed by atoms with Gasteiger partial charge in [0.25, 0.3) is 5.91 Å². The number of hydrogen-bond acceptors (Lipinski definition) is 4. The van der Waals surface area contributed by atoms with Crippen molar-refractivity contribution in [2.45, 2.75) is 6.42 Å². The summed E-state index contributed by atoms with van der Waals surface area (Å²) in [6.45, 7) is 0.534. The number of pyridine rings is 1. The zero-order valence-corrected chi connectivity index (χ0v) is 11.2. The second-order valence-electron chi connectivity index (χ2n) is 4.43. The van der Waals surface area contributed by atoms with Crippen molar-refractivity contribution < 1.29 is 14.7 Å². The van der Waals surface area contributed by atoms with Crippen molar-refractivity contribution in [2.24, 2.45) is 5.73 Å². The summed E-state index contributed by atoms with van der Waals surface area (Å²) in [5.74, 6) is -1.53. The lowest BCUT2D eigenvalue weighted by Gasteiger charge is -2.09. The van der Waals surface area contributed by atoms with Crippen molar-refractivity contribution >= 4 is 17.6 Å². The quantitative estimate of drug-likeness (QED) is 0.746. The molecule has 2 aromatic rings. The molecule has 2 rings (SSSR count). The summed E-state index contributed by atoms with van der Waals surface area (Å²) in [5.41, 5.74) is 7.11. The monoisotopic (exact) mass is 285 g/mol. The smallest absolute Gasteiger partial charge is 0.335 e. The summed E-state index contributed by atoms with van der Waals surface area (Å²) in [6, 6.07) is 10.1. The Morgan fingerprint density at radius 3 is 2.71 bits per heavy atom. The lowest BCUT2D eigenvalue weighted by atomic mass is 10.0. The Kier molecular flexibility index (Phi) is 4.50. The molecule has 0 aliphatic carbocycles. The molecule has 0 spiro atoms. The SMILES string of the molecule is NC(=O)c1cc(NCCc2ccccc2C(=O)O)ccn1. The van der Waals surface area contributed by atoms with Crippen molar-refractivity contribution in [1.29, 1.82) is 0 Å². The lowest BCUT2D eigenvalue weighted by molar-refractivity contribution is 0.0695. The van der Waals surface area contributed by atoms with Crippen LogP contribution >= 0.6 is 0 Å². The van der Waals surface area contributed by atoms with Gasteiger partial charge in [0.2, 0.25) is 0 Å². The largest absolute Gasteiger partial charge is 0.478 e. The van der Waals surface area contributed by atoms with Crippen molar-refractivity contribution in [3.8, 4) is 0 Å². The van der Waals surface area contributed by atoms with E-state index in [0.29, 0.717) is 24.2 Å². The Morgan fingerprint density at radius 2 is 2.00 bits per heavy atom. The van der Waals surface area contributed by atoms with E-state index < -0.39 is 11.9 Å². The van der Waals surface area contributed by atoms with Crippen LogP contribution in [0.4, 0.5) is 5.69 Å². The van der Waals surface area contributed by atoms with Crippen LogP contribution in [-0.2, 0) is 6.42 Å². The normalized spacial score (nSPS) is 10.1. The molecule has 1 aromatic carbocycles. The summed E-state index contributed by atoms with van der Waals surface area (Å²) in [7, 11) is 0. The first kappa shape index (κ1) is 14.5. The van der Waals surface area contributed by atoms with E-state index in [2.05, 4.69) is 10.3 Å². The molecule has 1 amide bonds. The van der Waals surface area contributed by atoms with Gasteiger partial charge in [0, 0.05) is 18.4 Å². The van der Waals surface area contributed by atoms with E-state index in [-0.39, 0.29) is 5.69 Å². The Labute approximate surface area is 121 Å². The number of benzene rings is 1. The van der Waals surface area contributed by atoms with E-state index in [9.17, 15) is 9.59 Å². The number of carbonyl (C=O) groups is 2. The molecular weight excluding hydrogens is 270 g/mol. The standard InChI is InChI=1S/C15H15N3O3/c16-14(19)13-9-11(6-8-18-13)17-7-5-10-3-1-2-4-12(10)15(20)21/h1-4,6,8-9H,5,7H2,(H2,16,19)(H,17,18)(H,20,21). The topological polar surface area (TPSA) is 105 Å². The highest BCUT2D eigenvalue weighted by Crippen LogP contribution is 2.11. The fraction of sp³-hybridized carbons (Fsp3) is 0.133. The van der Waals surface area contributed by atoms with E-state index in [1.807, 2.05) is 0 Å². The number of nitrogens with zero attached hydrogens (tertiary/aromatic N) is 1. The molecule has 0 fully saturated rings. The fourth-order valence-corrected chi connectivity index (χ4v) is 1.96. The molecule has 4 N–H and O–H groups in total. The maximum atomic E-state index is 11.1. The van der Waals surface area contributed by atoms with Gasteiger partial charge >= 0.3 is 5.97 Å². The summed E-state index contributed by atoms with van der Waals surface area (Å²) < 4.78 is 0. The van der Waals surface area contributed by atoms with E-state index in [0.717, 1.165) is 5.56 Å². The van der Waals surface area contributed by atoms with Crippen LogP contribution in [0, 0.1) is 0 Å². The first-order valence-corrected chi connectivity index (χ1v) is 6.39. The van der Waals surface area contributed by atoms with Crippen LogP contribution in [0.15, 0.2) is 42.6 Å².